The quantitative estimate of drug-likeness (QED) is 0.295. The Labute approximate surface area is 196 Å². The number of benzene rings is 3. The van der Waals surface area contributed by atoms with E-state index in [0.29, 0.717) is 28.1 Å². The zero-order valence-electron chi connectivity index (χ0n) is 17.6. The van der Waals surface area contributed by atoms with Gasteiger partial charge in [-0.05, 0) is 49.2 Å². The maximum absolute atomic E-state index is 12.7. The van der Waals surface area contributed by atoms with Gasteiger partial charge in [0.05, 0.1) is 23.6 Å². The second-order valence-corrected chi connectivity index (χ2v) is 8.08. The van der Waals surface area contributed by atoms with Crippen LogP contribution >= 0.6 is 23.2 Å². The summed E-state index contributed by atoms with van der Waals surface area (Å²) in [6, 6.07) is 18.8. The Bertz CT molecular complexity index is 1310. The lowest BCUT2D eigenvalue weighted by Gasteiger charge is -2.12. The van der Waals surface area contributed by atoms with Crippen LogP contribution in [0.2, 0.25) is 10.0 Å². The first kappa shape index (κ1) is 22.0. The molecule has 0 saturated heterocycles. The van der Waals surface area contributed by atoms with Crippen LogP contribution in [-0.2, 0) is 4.79 Å². The van der Waals surface area contributed by atoms with Crippen molar-refractivity contribution < 1.29 is 13.9 Å². The van der Waals surface area contributed by atoms with Crippen molar-refractivity contribution in [3.63, 3.8) is 0 Å². The van der Waals surface area contributed by atoms with E-state index < -0.39 is 0 Å². The minimum Gasteiger partial charge on any atom is -0.493 e. The van der Waals surface area contributed by atoms with Gasteiger partial charge in [0.25, 0.3) is 0 Å². The summed E-state index contributed by atoms with van der Waals surface area (Å²) in [4.78, 5) is 12.7. The predicted octanol–water partition coefficient (Wildman–Crippen LogP) is 7.85. The molecule has 0 radical (unpaired) electrons. The summed E-state index contributed by atoms with van der Waals surface area (Å²) < 4.78 is 11.6. The number of hydrogen-bond acceptors (Lipinski definition) is 3. The molecule has 0 spiro atoms. The van der Waals surface area contributed by atoms with Gasteiger partial charge in [0.15, 0.2) is 0 Å². The third-order valence-corrected chi connectivity index (χ3v) is 5.57. The molecule has 0 saturated carbocycles. The molecule has 0 aliphatic carbocycles. The molecule has 32 heavy (non-hydrogen) atoms. The molecule has 1 amide bonds. The normalized spacial score (nSPS) is 11.6. The summed E-state index contributed by atoms with van der Waals surface area (Å²) in [6.07, 6.45) is 3.27. The van der Waals surface area contributed by atoms with E-state index in [9.17, 15) is 4.79 Å². The van der Waals surface area contributed by atoms with Gasteiger partial charge in [0.1, 0.15) is 11.3 Å². The molecule has 3 aromatic carbocycles. The Morgan fingerprint density at radius 3 is 2.59 bits per heavy atom. The van der Waals surface area contributed by atoms with Gasteiger partial charge in [-0.3, -0.25) is 4.79 Å². The fourth-order valence-corrected chi connectivity index (χ4v) is 3.97. The van der Waals surface area contributed by atoms with Crippen molar-refractivity contribution >= 4 is 51.3 Å². The van der Waals surface area contributed by atoms with Crippen LogP contribution in [0.15, 0.2) is 77.4 Å². The number of ether oxygens (including phenoxy) is 1. The highest BCUT2D eigenvalue weighted by atomic mass is 35.5. The van der Waals surface area contributed by atoms with Gasteiger partial charge < -0.3 is 14.5 Å². The first-order valence-electron chi connectivity index (χ1n) is 10.1. The Hall–Kier alpha value is -3.21. The lowest BCUT2D eigenvalue weighted by atomic mass is 9.99. The maximum atomic E-state index is 12.7. The van der Waals surface area contributed by atoms with E-state index in [-0.39, 0.29) is 5.91 Å². The molecule has 0 bridgehead atoms. The highest BCUT2D eigenvalue weighted by Crippen LogP contribution is 2.37. The number of fused-ring (bicyclic) bond motifs is 1. The Kier molecular flexibility index (Phi) is 6.54. The highest BCUT2D eigenvalue weighted by Gasteiger charge is 2.15. The number of amides is 1. The molecular weight excluding hydrogens is 445 g/mol. The van der Waals surface area contributed by atoms with Crippen LogP contribution in [0, 0.1) is 0 Å². The second kappa shape index (κ2) is 9.51. The number of carbonyl (C=O) groups is 1. The Morgan fingerprint density at radius 1 is 1.09 bits per heavy atom. The number of furan rings is 1. The molecule has 1 aromatic heterocycles. The molecule has 4 rings (SSSR count). The van der Waals surface area contributed by atoms with Crippen LogP contribution < -0.4 is 10.1 Å². The molecule has 0 aliphatic rings. The van der Waals surface area contributed by atoms with Crippen LogP contribution in [0.4, 0.5) is 5.69 Å². The van der Waals surface area contributed by atoms with Crippen molar-refractivity contribution in [2.75, 3.05) is 11.9 Å². The van der Waals surface area contributed by atoms with Crippen molar-refractivity contribution in [1.29, 1.82) is 0 Å². The van der Waals surface area contributed by atoms with E-state index in [1.807, 2.05) is 56.3 Å². The molecule has 4 nitrogen and oxygen atoms in total. The Morgan fingerprint density at radius 2 is 1.88 bits per heavy atom. The average molecular weight is 466 g/mol. The standard InChI is InChI=1S/C26H21Cl2NO3/c1-3-31-24-14-25-20(21(15-32-25)17-7-5-4-6-8-17)13-19(24)16(2)11-26(30)29-23-10-9-18(27)12-22(23)28/h4-15H,3H2,1-2H3,(H,29,30)/b16-11+. The molecule has 6 heteroatoms. The van der Waals surface area contributed by atoms with Gasteiger partial charge >= 0.3 is 0 Å². The molecule has 1 N–H and O–H groups in total. The van der Waals surface area contributed by atoms with Crippen molar-refractivity contribution in [3.05, 3.63) is 88.6 Å². The number of rotatable bonds is 6. The zero-order valence-corrected chi connectivity index (χ0v) is 19.1. The zero-order chi connectivity index (χ0) is 22.7. The summed E-state index contributed by atoms with van der Waals surface area (Å²) in [5.41, 5.74) is 4.81. The highest BCUT2D eigenvalue weighted by molar-refractivity contribution is 6.36. The number of halogens is 2. The van der Waals surface area contributed by atoms with Crippen molar-refractivity contribution in [1.82, 2.24) is 0 Å². The van der Waals surface area contributed by atoms with Crippen LogP contribution in [0.1, 0.15) is 19.4 Å². The van der Waals surface area contributed by atoms with Gasteiger partial charge in [-0.1, -0.05) is 53.5 Å². The number of carbonyl (C=O) groups excluding carboxylic acids is 1. The first-order chi connectivity index (χ1) is 15.5. The third kappa shape index (κ3) is 4.67. The molecule has 0 aliphatic heterocycles. The molecule has 4 aromatic rings. The van der Waals surface area contributed by atoms with Gasteiger partial charge in [-0.25, -0.2) is 0 Å². The predicted molar refractivity (Wildman–Crippen MR) is 132 cm³/mol. The van der Waals surface area contributed by atoms with E-state index in [2.05, 4.69) is 5.32 Å². The van der Waals surface area contributed by atoms with Crippen LogP contribution in [0.3, 0.4) is 0 Å². The molecule has 1 heterocycles. The molecular formula is C26H21Cl2NO3. The first-order valence-corrected chi connectivity index (χ1v) is 10.9. The van der Waals surface area contributed by atoms with E-state index in [1.54, 1.807) is 24.5 Å². The summed E-state index contributed by atoms with van der Waals surface area (Å²) in [7, 11) is 0. The van der Waals surface area contributed by atoms with Crippen LogP contribution in [0.5, 0.6) is 5.75 Å². The van der Waals surface area contributed by atoms with Gasteiger partial charge in [-0.15, -0.1) is 0 Å². The van der Waals surface area contributed by atoms with Gasteiger partial charge in [-0.2, -0.15) is 0 Å². The van der Waals surface area contributed by atoms with E-state index in [4.69, 9.17) is 32.4 Å². The largest absolute Gasteiger partial charge is 0.493 e. The fourth-order valence-electron chi connectivity index (χ4n) is 3.51. The average Bonchev–Trinajstić information content (AvgIpc) is 3.19. The lowest BCUT2D eigenvalue weighted by Crippen LogP contribution is -2.09. The molecule has 0 fully saturated rings. The lowest BCUT2D eigenvalue weighted by molar-refractivity contribution is -0.111. The number of hydrogen-bond donors (Lipinski definition) is 1. The summed E-state index contributed by atoms with van der Waals surface area (Å²) in [6.45, 7) is 4.28. The minimum absolute atomic E-state index is 0.301. The van der Waals surface area contributed by atoms with E-state index >= 15 is 0 Å². The summed E-state index contributed by atoms with van der Waals surface area (Å²) in [5, 5.41) is 4.62. The van der Waals surface area contributed by atoms with Gasteiger partial charge in [0, 0.05) is 33.7 Å². The number of anilines is 1. The number of allylic oxidation sites excluding steroid dienone is 1. The molecule has 162 valence electrons. The molecule has 0 atom stereocenters. The van der Waals surface area contributed by atoms with Crippen molar-refractivity contribution in [2.24, 2.45) is 0 Å². The van der Waals surface area contributed by atoms with E-state index in [1.165, 1.54) is 6.08 Å². The smallest absolute Gasteiger partial charge is 0.248 e. The van der Waals surface area contributed by atoms with Crippen LogP contribution in [-0.4, -0.2) is 12.5 Å². The minimum atomic E-state index is -0.301. The summed E-state index contributed by atoms with van der Waals surface area (Å²) in [5.74, 6) is 0.352. The van der Waals surface area contributed by atoms with E-state index in [0.717, 1.165) is 33.2 Å². The topological polar surface area (TPSA) is 51.5 Å². The van der Waals surface area contributed by atoms with Crippen molar-refractivity contribution in [3.8, 4) is 16.9 Å². The van der Waals surface area contributed by atoms with Gasteiger partial charge in [0.2, 0.25) is 5.91 Å². The third-order valence-electron chi connectivity index (χ3n) is 5.02. The summed E-state index contributed by atoms with van der Waals surface area (Å²) >= 11 is 12.1. The van der Waals surface area contributed by atoms with Crippen LogP contribution in [0.25, 0.3) is 27.7 Å². The maximum Gasteiger partial charge on any atom is 0.248 e. The Balaban J connectivity index is 1.72. The second-order valence-electron chi connectivity index (χ2n) is 7.23. The number of nitrogens with one attached hydrogen (secondary N) is 1. The monoisotopic (exact) mass is 465 g/mol. The SMILES string of the molecule is CCOc1cc2occ(-c3ccccc3)c2cc1/C(C)=C/C(=O)Nc1ccc(Cl)cc1Cl. The van der Waals surface area contributed by atoms with Crippen molar-refractivity contribution in [2.45, 2.75) is 13.8 Å². The molecule has 0 unspecified atom stereocenters. The fraction of sp³-hybridized carbons (Fsp3) is 0.115.